The van der Waals surface area contributed by atoms with Gasteiger partial charge in [-0.1, -0.05) is 0 Å². The van der Waals surface area contributed by atoms with Crippen LogP contribution < -0.4 is 9.64 Å². The van der Waals surface area contributed by atoms with E-state index in [-0.39, 0.29) is 18.6 Å². The number of anilines is 1. The lowest BCUT2D eigenvalue weighted by Crippen LogP contribution is -2.30. The minimum Gasteiger partial charge on any atom is -0.490 e. The van der Waals surface area contributed by atoms with Crippen molar-refractivity contribution in [2.45, 2.75) is 51.0 Å². The van der Waals surface area contributed by atoms with Gasteiger partial charge < -0.3 is 19.5 Å². The molecule has 3 rings (SSSR count). The van der Waals surface area contributed by atoms with E-state index in [0.717, 1.165) is 63.2 Å². The van der Waals surface area contributed by atoms with Gasteiger partial charge in [0, 0.05) is 39.0 Å². The molecule has 1 amide bonds. The van der Waals surface area contributed by atoms with Gasteiger partial charge in [-0.05, 0) is 74.6 Å². The van der Waals surface area contributed by atoms with Crippen LogP contribution >= 0.6 is 0 Å². The Morgan fingerprint density at radius 3 is 2.35 bits per heavy atom. The van der Waals surface area contributed by atoms with Crippen LogP contribution in [0.3, 0.4) is 0 Å². The Bertz CT molecular complexity index is 560. The molecule has 1 aromatic rings. The highest BCUT2D eigenvalue weighted by molar-refractivity contribution is 5.92. The van der Waals surface area contributed by atoms with E-state index in [1.807, 2.05) is 31.3 Å². The Balaban J connectivity index is 1.49. The second-order valence-corrected chi connectivity index (χ2v) is 7.65. The number of benzene rings is 1. The van der Waals surface area contributed by atoms with E-state index >= 15 is 0 Å². The van der Waals surface area contributed by atoms with Crippen molar-refractivity contribution < 1.29 is 19.4 Å². The molecule has 0 aromatic heterocycles. The third-order valence-corrected chi connectivity index (χ3v) is 5.76. The zero-order valence-electron chi connectivity index (χ0n) is 15.7. The molecule has 1 N–H and O–H groups in total. The average molecular weight is 361 g/mol. The largest absolute Gasteiger partial charge is 0.490 e. The van der Waals surface area contributed by atoms with E-state index in [1.54, 1.807) is 4.90 Å². The van der Waals surface area contributed by atoms with Gasteiger partial charge in [-0.3, -0.25) is 4.79 Å². The van der Waals surface area contributed by atoms with Crippen LogP contribution in [0.25, 0.3) is 0 Å². The van der Waals surface area contributed by atoms with Gasteiger partial charge in [-0.15, -0.1) is 0 Å². The van der Waals surface area contributed by atoms with Crippen LogP contribution in [0.4, 0.5) is 5.69 Å². The number of rotatable bonds is 6. The quantitative estimate of drug-likeness (QED) is 0.844. The van der Waals surface area contributed by atoms with Crippen molar-refractivity contribution in [2.24, 2.45) is 11.8 Å². The predicted octanol–water partition coefficient (Wildman–Crippen LogP) is 3.40. The highest BCUT2D eigenvalue weighted by Gasteiger charge is 2.22. The first kappa shape index (κ1) is 19.2. The lowest BCUT2D eigenvalue weighted by Gasteiger charge is -2.28. The normalized spacial score (nSPS) is 24.2. The summed E-state index contributed by atoms with van der Waals surface area (Å²) in [5.74, 6) is 1.89. The van der Waals surface area contributed by atoms with Gasteiger partial charge in [0.15, 0.2) is 0 Å². The molecule has 1 aliphatic carbocycles. The number of ether oxygens (including phenoxy) is 2. The number of carbonyl (C=O) groups excluding carboxylic acids is 1. The molecule has 5 nitrogen and oxygen atoms in total. The lowest BCUT2D eigenvalue weighted by molar-refractivity contribution is -0.119. The van der Waals surface area contributed by atoms with Crippen LogP contribution in [0.5, 0.6) is 5.75 Å². The summed E-state index contributed by atoms with van der Waals surface area (Å²) >= 11 is 0. The van der Waals surface area contributed by atoms with E-state index in [1.165, 1.54) is 0 Å². The van der Waals surface area contributed by atoms with Crippen LogP contribution in [0.2, 0.25) is 0 Å². The third kappa shape index (κ3) is 5.21. The maximum Gasteiger partial charge on any atom is 0.226 e. The van der Waals surface area contributed by atoms with Gasteiger partial charge >= 0.3 is 0 Å². The average Bonchev–Trinajstić information content (AvgIpc) is 2.69. The van der Waals surface area contributed by atoms with Crippen LogP contribution in [-0.2, 0) is 9.53 Å². The van der Waals surface area contributed by atoms with Crippen molar-refractivity contribution in [1.82, 2.24) is 0 Å². The molecule has 1 saturated heterocycles. The zero-order valence-corrected chi connectivity index (χ0v) is 15.7. The number of nitrogens with zero attached hydrogens (tertiary/aromatic N) is 1. The number of hydrogen-bond donors (Lipinski definition) is 1. The van der Waals surface area contributed by atoms with E-state index in [2.05, 4.69) is 0 Å². The molecule has 0 spiro atoms. The van der Waals surface area contributed by atoms with Crippen LogP contribution in [0, 0.1) is 11.8 Å². The fourth-order valence-electron chi connectivity index (χ4n) is 3.85. The predicted molar refractivity (Wildman–Crippen MR) is 101 cm³/mol. The molecule has 1 heterocycles. The second kappa shape index (κ2) is 9.38. The van der Waals surface area contributed by atoms with Gasteiger partial charge in [-0.2, -0.15) is 0 Å². The number of aliphatic hydroxyl groups excluding tert-OH is 1. The molecule has 144 valence electrons. The summed E-state index contributed by atoms with van der Waals surface area (Å²) in [6, 6.07) is 7.81. The number of aliphatic hydroxyl groups is 1. The van der Waals surface area contributed by atoms with Gasteiger partial charge in [0.25, 0.3) is 0 Å². The van der Waals surface area contributed by atoms with Gasteiger partial charge in [0.05, 0.1) is 6.10 Å². The van der Waals surface area contributed by atoms with Gasteiger partial charge in [-0.25, -0.2) is 0 Å². The molecule has 1 aliphatic heterocycles. The maximum atomic E-state index is 12.5. The van der Waals surface area contributed by atoms with Crippen LogP contribution in [-0.4, -0.2) is 44.0 Å². The van der Waals surface area contributed by atoms with Crippen LogP contribution in [0.1, 0.15) is 44.9 Å². The van der Waals surface area contributed by atoms with Gasteiger partial charge in [0.1, 0.15) is 5.75 Å². The Labute approximate surface area is 156 Å². The number of amides is 1. The molecule has 26 heavy (non-hydrogen) atoms. The monoisotopic (exact) mass is 361 g/mol. The first-order valence-electron chi connectivity index (χ1n) is 9.87. The molecule has 5 heteroatoms. The number of carbonyl (C=O) groups is 1. The van der Waals surface area contributed by atoms with Crippen molar-refractivity contribution in [3.05, 3.63) is 24.3 Å². The van der Waals surface area contributed by atoms with E-state index in [4.69, 9.17) is 9.47 Å². The lowest BCUT2D eigenvalue weighted by atomic mass is 9.88. The summed E-state index contributed by atoms with van der Waals surface area (Å²) in [5, 5.41) is 9.22. The highest BCUT2D eigenvalue weighted by atomic mass is 16.5. The Morgan fingerprint density at radius 1 is 1.08 bits per heavy atom. The molecule has 0 unspecified atom stereocenters. The molecule has 1 aromatic carbocycles. The molecule has 0 radical (unpaired) electrons. The van der Waals surface area contributed by atoms with Crippen molar-refractivity contribution in [3.63, 3.8) is 0 Å². The second-order valence-electron chi connectivity index (χ2n) is 7.65. The fourth-order valence-corrected chi connectivity index (χ4v) is 3.85. The fraction of sp³-hybridized carbons (Fsp3) is 0.667. The van der Waals surface area contributed by atoms with Crippen molar-refractivity contribution in [1.29, 1.82) is 0 Å². The Kier molecular flexibility index (Phi) is 6.92. The topological polar surface area (TPSA) is 59.0 Å². The molecular formula is C21H31NO4. The molecule has 2 aliphatic rings. The summed E-state index contributed by atoms with van der Waals surface area (Å²) in [7, 11) is 1.84. The molecule has 2 fully saturated rings. The highest BCUT2D eigenvalue weighted by Crippen LogP contribution is 2.28. The first-order chi connectivity index (χ1) is 12.7. The summed E-state index contributed by atoms with van der Waals surface area (Å²) in [4.78, 5) is 14.2. The van der Waals surface area contributed by atoms with Crippen molar-refractivity contribution in [2.75, 3.05) is 31.8 Å². The van der Waals surface area contributed by atoms with E-state index in [0.29, 0.717) is 18.3 Å². The Hall–Kier alpha value is -1.59. The van der Waals surface area contributed by atoms with Crippen molar-refractivity contribution >= 4 is 11.6 Å². The van der Waals surface area contributed by atoms with Gasteiger partial charge in [0.2, 0.25) is 5.91 Å². The van der Waals surface area contributed by atoms with E-state index in [9.17, 15) is 9.90 Å². The minimum absolute atomic E-state index is 0.160. The van der Waals surface area contributed by atoms with Crippen LogP contribution in [0.15, 0.2) is 24.3 Å². The molecular weight excluding hydrogens is 330 g/mol. The standard InChI is InChI=1S/C21H31NO4/c1-22(21(24)14-16-10-12-25-13-11-16)18-4-8-20(9-5-18)26-19-6-2-17(15-23)3-7-19/h4-5,8-9,16-17,19,23H,2-3,6-7,10-15H2,1H3. The maximum absolute atomic E-state index is 12.5. The SMILES string of the molecule is CN(C(=O)CC1CCOCC1)c1ccc(OC2CCC(CO)CC2)cc1. The summed E-state index contributed by atoms with van der Waals surface area (Å²) in [6.07, 6.45) is 6.83. The first-order valence-corrected chi connectivity index (χ1v) is 9.87. The summed E-state index contributed by atoms with van der Waals surface area (Å²) in [6.45, 7) is 1.83. The van der Waals surface area contributed by atoms with Crippen molar-refractivity contribution in [3.8, 4) is 5.75 Å². The zero-order chi connectivity index (χ0) is 18.4. The smallest absolute Gasteiger partial charge is 0.226 e. The number of hydrogen-bond acceptors (Lipinski definition) is 4. The Morgan fingerprint density at radius 2 is 1.73 bits per heavy atom. The van der Waals surface area contributed by atoms with E-state index < -0.39 is 0 Å². The minimum atomic E-state index is 0.160. The molecule has 1 saturated carbocycles. The molecule has 0 atom stereocenters. The molecule has 0 bridgehead atoms. The summed E-state index contributed by atoms with van der Waals surface area (Å²) in [5.41, 5.74) is 0.901. The summed E-state index contributed by atoms with van der Waals surface area (Å²) < 4.78 is 11.4. The third-order valence-electron chi connectivity index (χ3n) is 5.76.